The molecule has 1 heterocycles. The van der Waals surface area contributed by atoms with Crippen molar-refractivity contribution in [3.05, 3.63) is 0 Å². The second-order valence-electron chi connectivity index (χ2n) is 5.03. The van der Waals surface area contributed by atoms with Gasteiger partial charge in [-0.3, -0.25) is 14.9 Å². The van der Waals surface area contributed by atoms with Gasteiger partial charge in [0.25, 0.3) is 0 Å². The molecule has 0 aliphatic carbocycles. The zero-order valence-corrected chi connectivity index (χ0v) is 11.9. The van der Waals surface area contributed by atoms with Gasteiger partial charge in [-0.05, 0) is 25.8 Å². The van der Waals surface area contributed by atoms with E-state index >= 15 is 0 Å². The molecule has 20 heavy (non-hydrogen) atoms. The maximum absolute atomic E-state index is 11.6. The van der Waals surface area contributed by atoms with Gasteiger partial charge in [0, 0.05) is 25.6 Å². The standard InChI is InChI=1S/C13H23N3O4/c1-2-7-16-8-5-10(6-9-16)14-13(20)15-11(17)3-4-12(18)19/h10H,2-9H2,1H3,(H,18,19)(H2,14,15,17,20). The van der Waals surface area contributed by atoms with Crippen LogP contribution in [0.4, 0.5) is 4.79 Å². The number of urea groups is 1. The Bertz CT molecular complexity index is 352. The highest BCUT2D eigenvalue weighted by Crippen LogP contribution is 2.10. The summed E-state index contributed by atoms with van der Waals surface area (Å²) in [6.07, 6.45) is 2.41. The van der Waals surface area contributed by atoms with Crippen LogP contribution in [0.15, 0.2) is 0 Å². The number of nitrogens with zero attached hydrogens (tertiary/aromatic N) is 1. The van der Waals surface area contributed by atoms with Crippen LogP contribution in [-0.2, 0) is 9.59 Å². The number of likely N-dealkylation sites (tertiary alicyclic amines) is 1. The van der Waals surface area contributed by atoms with Crippen LogP contribution in [0.2, 0.25) is 0 Å². The van der Waals surface area contributed by atoms with E-state index in [1.807, 2.05) is 0 Å². The quantitative estimate of drug-likeness (QED) is 0.662. The van der Waals surface area contributed by atoms with Gasteiger partial charge in [-0.2, -0.15) is 0 Å². The van der Waals surface area contributed by atoms with Gasteiger partial charge in [-0.25, -0.2) is 4.79 Å². The Morgan fingerprint density at radius 1 is 1.20 bits per heavy atom. The average Bonchev–Trinajstić information content (AvgIpc) is 2.39. The van der Waals surface area contributed by atoms with Crippen LogP contribution < -0.4 is 10.6 Å². The minimum absolute atomic E-state index is 0.0791. The van der Waals surface area contributed by atoms with Crippen LogP contribution in [0.3, 0.4) is 0 Å². The molecule has 0 atom stereocenters. The Hall–Kier alpha value is -1.63. The lowest BCUT2D eigenvalue weighted by molar-refractivity contribution is -0.138. The van der Waals surface area contributed by atoms with Gasteiger partial charge in [0.2, 0.25) is 5.91 Å². The number of carbonyl (C=O) groups excluding carboxylic acids is 2. The minimum Gasteiger partial charge on any atom is -0.481 e. The number of amides is 3. The molecule has 1 aliphatic heterocycles. The van der Waals surface area contributed by atoms with Crippen molar-refractivity contribution in [1.29, 1.82) is 0 Å². The lowest BCUT2D eigenvalue weighted by atomic mass is 10.1. The number of carbonyl (C=O) groups is 3. The van der Waals surface area contributed by atoms with Crippen molar-refractivity contribution in [3.8, 4) is 0 Å². The van der Waals surface area contributed by atoms with E-state index < -0.39 is 17.9 Å². The van der Waals surface area contributed by atoms with Gasteiger partial charge < -0.3 is 15.3 Å². The summed E-state index contributed by atoms with van der Waals surface area (Å²) in [5.41, 5.74) is 0. The summed E-state index contributed by atoms with van der Waals surface area (Å²) >= 11 is 0. The number of piperidine rings is 1. The number of hydrogen-bond acceptors (Lipinski definition) is 4. The minimum atomic E-state index is -1.05. The van der Waals surface area contributed by atoms with E-state index in [2.05, 4.69) is 22.5 Å². The average molecular weight is 285 g/mol. The predicted octanol–water partition coefficient (Wildman–Crippen LogP) is 0.551. The van der Waals surface area contributed by atoms with Crippen molar-refractivity contribution < 1.29 is 19.5 Å². The molecule has 0 spiro atoms. The van der Waals surface area contributed by atoms with E-state index in [0.29, 0.717) is 0 Å². The summed E-state index contributed by atoms with van der Waals surface area (Å²) in [7, 11) is 0. The number of nitrogens with one attached hydrogen (secondary N) is 2. The molecule has 1 saturated heterocycles. The molecule has 0 aromatic rings. The third-order valence-electron chi connectivity index (χ3n) is 3.28. The molecule has 1 aliphatic rings. The van der Waals surface area contributed by atoms with E-state index in [1.54, 1.807) is 0 Å². The number of rotatable bonds is 6. The first kappa shape index (κ1) is 16.4. The molecule has 0 radical (unpaired) electrons. The van der Waals surface area contributed by atoms with Crippen molar-refractivity contribution in [2.75, 3.05) is 19.6 Å². The smallest absolute Gasteiger partial charge is 0.321 e. The summed E-state index contributed by atoms with van der Waals surface area (Å²) in [6.45, 7) is 5.12. The molecule has 0 aromatic carbocycles. The number of hydrogen-bond donors (Lipinski definition) is 3. The third kappa shape index (κ3) is 6.51. The summed E-state index contributed by atoms with van der Waals surface area (Å²) in [5, 5.41) is 13.3. The zero-order chi connectivity index (χ0) is 15.0. The van der Waals surface area contributed by atoms with E-state index in [4.69, 9.17) is 5.11 Å². The Morgan fingerprint density at radius 3 is 2.40 bits per heavy atom. The molecule has 3 amide bonds. The summed E-state index contributed by atoms with van der Waals surface area (Å²) < 4.78 is 0. The SMILES string of the molecule is CCCN1CCC(NC(=O)NC(=O)CCC(=O)O)CC1. The highest BCUT2D eigenvalue weighted by molar-refractivity contribution is 5.95. The molecular weight excluding hydrogens is 262 g/mol. The highest BCUT2D eigenvalue weighted by atomic mass is 16.4. The fourth-order valence-electron chi connectivity index (χ4n) is 2.25. The molecule has 1 rings (SSSR count). The van der Waals surface area contributed by atoms with Crippen molar-refractivity contribution >= 4 is 17.9 Å². The summed E-state index contributed by atoms with van der Waals surface area (Å²) in [5.74, 6) is -1.61. The second kappa shape index (κ2) is 8.52. The molecule has 3 N–H and O–H groups in total. The molecule has 114 valence electrons. The van der Waals surface area contributed by atoms with Crippen LogP contribution in [-0.4, -0.2) is 53.6 Å². The molecule has 7 heteroatoms. The van der Waals surface area contributed by atoms with Crippen LogP contribution in [0.25, 0.3) is 0 Å². The monoisotopic (exact) mass is 285 g/mol. The lowest BCUT2D eigenvalue weighted by Gasteiger charge is -2.31. The van der Waals surface area contributed by atoms with E-state index in [9.17, 15) is 14.4 Å². The molecule has 0 aromatic heterocycles. The Labute approximate surface area is 118 Å². The molecule has 1 fully saturated rings. The van der Waals surface area contributed by atoms with Crippen LogP contribution in [0.1, 0.15) is 39.0 Å². The molecule has 0 bridgehead atoms. The van der Waals surface area contributed by atoms with Crippen molar-refractivity contribution in [2.45, 2.75) is 45.1 Å². The number of carboxylic acid groups (broad SMARTS) is 1. The van der Waals surface area contributed by atoms with Gasteiger partial charge in [0.15, 0.2) is 0 Å². The predicted molar refractivity (Wildman–Crippen MR) is 73.3 cm³/mol. The first-order valence-electron chi connectivity index (χ1n) is 7.05. The first-order valence-corrected chi connectivity index (χ1v) is 7.05. The lowest BCUT2D eigenvalue weighted by Crippen LogP contribution is -2.49. The van der Waals surface area contributed by atoms with Gasteiger partial charge >= 0.3 is 12.0 Å². The second-order valence-corrected chi connectivity index (χ2v) is 5.03. The van der Waals surface area contributed by atoms with E-state index in [0.717, 1.165) is 38.9 Å². The number of aliphatic carboxylic acids is 1. The topological polar surface area (TPSA) is 98.7 Å². The van der Waals surface area contributed by atoms with Crippen LogP contribution >= 0.6 is 0 Å². The zero-order valence-electron chi connectivity index (χ0n) is 11.9. The highest BCUT2D eigenvalue weighted by Gasteiger charge is 2.20. The van der Waals surface area contributed by atoms with Gasteiger partial charge in [0.05, 0.1) is 6.42 Å². The van der Waals surface area contributed by atoms with E-state index in [1.165, 1.54) is 0 Å². The van der Waals surface area contributed by atoms with Crippen LogP contribution in [0.5, 0.6) is 0 Å². The third-order valence-corrected chi connectivity index (χ3v) is 3.28. The fourth-order valence-corrected chi connectivity index (χ4v) is 2.25. The number of imide groups is 1. The fraction of sp³-hybridized carbons (Fsp3) is 0.769. The largest absolute Gasteiger partial charge is 0.481 e. The van der Waals surface area contributed by atoms with Gasteiger partial charge in [0.1, 0.15) is 0 Å². The molecular formula is C13H23N3O4. The van der Waals surface area contributed by atoms with E-state index in [-0.39, 0.29) is 18.9 Å². The maximum atomic E-state index is 11.6. The summed E-state index contributed by atoms with van der Waals surface area (Å²) in [4.78, 5) is 35.5. The summed E-state index contributed by atoms with van der Waals surface area (Å²) in [6, 6.07) is -0.454. The van der Waals surface area contributed by atoms with Gasteiger partial charge in [-0.1, -0.05) is 6.92 Å². The normalized spacial score (nSPS) is 16.6. The number of carboxylic acids is 1. The van der Waals surface area contributed by atoms with Crippen molar-refractivity contribution in [3.63, 3.8) is 0 Å². The Kier molecular flexibility index (Phi) is 7.00. The van der Waals surface area contributed by atoms with Crippen molar-refractivity contribution in [2.24, 2.45) is 0 Å². The molecule has 7 nitrogen and oxygen atoms in total. The Morgan fingerprint density at radius 2 is 1.85 bits per heavy atom. The maximum Gasteiger partial charge on any atom is 0.321 e. The Balaban J connectivity index is 2.19. The van der Waals surface area contributed by atoms with Crippen molar-refractivity contribution in [1.82, 2.24) is 15.5 Å². The molecule has 0 unspecified atom stereocenters. The van der Waals surface area contributed by atoms with Gasteiger partial charge in [-0.15, -0.1) is 0 Å². The first-order chi connectivity index (χ1) is 9.51. The van der Waals surface area contributed by atoms with Crippen LogP contribution in [0, 0.1) is 0 Å². The molecule has 0 saturated carbocycles.